The Hall–Kier alpha value is -3.67. The minimum Gasteiger partial charge on any atom is -0.460 e. The number of nitrogens with zero attached hydrogens (tertiary/aromatic N) is 1. The SMILES string of the molecule is CCCc1c2oc(C(=O)OCC)cc(=O)c2cc2c(=O)ccn(Cc3ccccc3)c12. The van der Waals surface area contributed by atoms with Crippen LogP contribution in [0, 0.1) is 0 Å². The van der Waals surface area contributed by atoms with Crippen LogP contribution in [0.5, 0.6) is 0 Å². The molecular formula is C25H23NO5. The second-order valence-corrected chi connectivity index (χ2v) is 7.37. The molecule has 0 aliphatic heterocycles. The molecule has 0 aliphatic rings. The Balaban J connectivity index is 2.06. The third kappa shape index (κ3) is 3.89. The third-order valence-electron chi connectivity index (χ3n) is 5.22. The van der Waals surface area contributed by atoms with Gasteiger partial charge in [0.2, 0.25) is 5.76 Å². The maximum Gasteiger partial charge on any atom is 0.374 e. The molecule has 0 unspecified atom stereocenters. The first kappa shape index (κ1) is 20.6. The lowest BCUT2D eigenvalue weighted by molar-refractivity contribution is 0.0490. The molecule has 0 amide bonds. The summed E-state index contributed by atoms with van der Waals surface area (Å²) >= 11 is 0. The van der Waals surface area contributed by atoms with Crippen molar-refractivity contribution in [2.45, 2.75) is 33.2 Å². The monoisotopic (exact) mass is 417 g/mol. The number of pyridine rings is 1. The molecule has 0 atom stereocenters. The van der Waals surface area contributed by atoms with Gasteiger partial charge in [0.15, 0.2) is 10.9 Å². The predicted octanol–water partition coefficient (Wildman–Crippen LogP) is 4.29. The van der Waals surface area contributed by atoms with E-state index < -0.39 is 5.97 Å². The molecule has 4 aromatic rings. The van der Waals surface area contributed by atoms with Crippen LogP contribution in [0.2, 0.25) is 0 Å². The van der Waals surface area contributed by atoms with Crippen LogP contribution in [0.4, 0.5) is 0 Å². The van der Waals surface area contributed by atoms with Crippen LogP contribution in [-0.2, 0) is 17.7 Å². The van der Waals surface area contributed by atoms with Gasteiger partial charge in [-0.3, -0.25) is 9.59 Å². The number of rotatable bonds is 6. The summed E-state index contributed by atoms with van der Waals surface area (Å²) in [5.41, 5.74) is 2.34. The number of aromatic nitrogens is 1. The first-order chi connectivity index (χ1) is 15.0. The summed E-state index contributed by atoms with van der Waals surface area (Å²) < 4.78 is 12.9. The van der Waals surface area contributed by atoms with Gasteiger partial charge in [0.1, 0.15) is 5.58 Å². The fraction of sp³-hybridized carbons (Fsp3) is 0.240. The highest BCUT2D eigenvalue weighted by Gasteiger charge is 2.20. The van der Waals surface area contributed by atoms with Crippen LogP contribution in [0.1, 0.15) is 41.9 Å². The maximum atomic E-state index is 12.8. The fourth-order valence-corrected chi connectivity index (χ4v) is 3.88. The van der Waals surface area contributed by atoms with Crippen LogP contribution in [0.25, 0.3) is 21.9 Å². The summed E-state index contributed by atoms with van der Waals surface area (Å²) in [5, 5.41) is 0.754. The van der Waals surface area contributed by atoms with E-state index in [0.717, 1.165) is 29.1 Å². The lowest BCUT2D eigenvalue weighted by Crippen LogP contribution is -2.15. The topological polar surface area (TPSA) is 78.5 Å². The van der Waals surface area contributed by atoms with E-state index in [9.17, 15) is 14.4 Å². The summed E-state index contributed by atoms with van der Waals surface area (Å²) in [4.78, 5) is 37.8. The zero-order chi connectivity index (χ0) is 22.0. The number of benzene rings is 2. The normalized spacial score (nSPS) is 11.2. The lowest BCUT2D eigenvalue weighted by atomic mass is 10.0. The molecule has 0 bridgehead atoms. The number of hydrogen-bond acceptors (Lipinski definition) is 5. The summed E-state index contributed by atoms with van der Waals surface area (Å²) in [6, 6.07) is 14.1. The van der Waals surface area contributed by atoms with Gasteiger partial charge in [0, 0.05) is 35.8 Å². The van der Waals surface area contributed by atoms with Crippen molar-refractivity contribution in [3.05, 3.63) is 92.1 Å². The molecule has 0 saturated carbocycles. The highest BCUT2D eigenvalue weighted by Crippen LogP contribution is 2.28. The Morgan fingerprint density at radius 2 is 1.77 bits per heavy atom. The molecule has 31 heavy (non-hydrogen) atoms. The van der Waals surface area contributed by atoms with Crippen molar-refractivity contribution in [1.82, 2.24) is 4.57 Å². The molecular weight excluding hydrogens is 394 g/mol. The largest absolute Gasteiger partial charge is 0.460 e. The summed E-state index contributed by atoms with van der Waals surface area (Å²) in [6.45, 7) is 4.44. The van der Waals surface area contributed by atoms with Gasteiger partial charge in [-0.05, 0) is 25.0 Å². The van der Waals surface area contributed by atoms with Crippen LogP contribution in [0.3, 0.4) is 0 Å². The highest BCUT2D eigenvalue weighted by atomic mass is 16.5. The predicted molar refractivity (Wildman–Crippen MR) is 120 cm³/mol. The third-order valence-corrected chi connectivity index (χ3v) is 5.22. The van der Waals surface area contributed by atoms with Gasteiger partial charge in [-0.1, -0.05) is 43.7 Å². The first-order valence-corrected chi connectivity index (χ1v) is 10.4. The van der Waals surface area contributed by atoms with Gasteiger partial charge < -0.3 is 13.7 Å². The summed E-state index contributed by atoms with van der Waals surface area (Å²) in [5.74, 6) is -0.817. The second kappa shape index (κ2) is 8.60. The smallest absolute Gasteiger partial charge is 0.374 e. The molecule has 6 nitrogen and oxygen atoms in total. The number of hydrogen-bond donors (Lipinski definition) is 0. The van der Waals surface area contributed by atoms with Crippen molar-refractivity contribution in [3.63, 3.8) is 0 Å². The van der Waals surface area contributed by atoms with Gasteiger partial charge in [-0.2, -0.15) is 0 Å². The molecule has 2 aromatic heterocycles. The summed E-state index contributed by atoms with van der Waals surface area (Å²) in [6.07, 6.45) is 3.12. The van der Waals surface area contributed by atoms with Crippen molar-refractivity contribution in [3.8, 4) is 0 Å². The molecule has 0 radical (unpaired) electrons. The Kier molecular flexibility index (Phi) is 5.71. The Bertz CT molecular complexity index is 1380. The molecule has 158 valence electrons. The maximum absolute atomic E-state index is 12.8. The Labute approximate surface area is 178 Å². The molecule has 4 rings (SSSR count). The van der Waals surface area contributed by atoms with Crippen molar-refractivity contribution in [2.24, 2.45) is 0 Å². The second-order valence-electron chi connectivity index (χ2n) is 7.37. The van der Waals surface area contributed by atoms with E-state index in [2.05, 4.69) is 0 Å². The van der Waals surface area contributed by atoms with E-state index in [0.29, 0.717) is 29.3 Å². The molecule has 2 heterocycles. The number of fused-ring (bicyclic) bond motifs is 2. The van der Waals surface area contributed by atoms with E-state index in [1.54, 1.807) is 19.2 Å². The Morgan fingerprint density at radius 1 is 1.00 bits per heavy atom. The molecule has 0 N–H and O–H groups in total. The molecule has 2 aromatic carbocycles. The standard InChI is InChI=1S/C25H23NO5/c1-3-8-17-23-18(20(27)11-12-26(23)15-16-9-6-5-7-10-16)13-19-21(28)14-22(31-24(17)19)25(29)30-4-2/h5-7,9-14H,3-4,8,15H2,1-2H3. The van der Waals surface area contributed by atoms with Crippen molar-refractivity contribution in [2.75, 3.05) is 6.61 Å². The van der Waals surface area contributed by atoms with Gasteiger partial charge in [0.05, 0.1) is 17.5 Å². The highest BCUT2D eigenvalue weighted by molar-refractivity contribution is 5.99. The zero-order valence-corrected chi connectivity index (χ0v) is 17.5. The molecule has 0 aliphatic carbocycles. The van der Waals surface area contributed by atoms with Crippen molar-refractivity contribution >= 4 is 27.8 Å². The molecule has 0 fully saturated rings. The van der Waals surface area contributed by atoms with Gasteiger partial charge in [-0.15, -0.1) is 0 Å². The van der Waals surface area contributed by atoms with Crippen LogP contribution in [-0.4, -0.2) is 17.1 Å². The van der Waals surface area contributed by atoms with Crippen molar-refractivity contribution in [1.29, 1.82) is 0 Å². The quantitative estimate of drug-likeness (QED) is 0.346. The number of carbonyl (C=O) groups excluding carboxylic acids is 1. The first-order valence-electron chi connectivity index (χ1n) is 10.4. The average molecular weight is 417 g/mol. The van der Waals surface area contributed by atoms with Crippen LogP contribution in [0.15, 0.2) is 68.7 Å². The summed E-state index contributed by atoms with van der Waals surface area (Å²) in [7, 11) is 0. The van der Waals surface area contributed by atoms with E-state index >= 15 is 0 Å². The van der Waals surface area contributed by atoms with E-state index in [4.69, 9.17) is 9.15 Å². The van der Waals surface area contributed by atoms with E-state index in [-0.39, 0.29) is 23.2 Å². The number of aryl methyl sites for hydroxylation is 1. The van der Waals surface area contributed by atoms with E-state index in [1.807, 2.05) is 41.8 Å². The lowest BCUT2D eigenvalue weighted by Gasteiger charge is -2.16. The van der Waals surface area contributed by atoms with Gasteiger partial charge in [-0.25, -0.2) is 4.79 Å². The Morgan fingerprint density at radius 3 is 2.48 bits per heavy atom. The van der Waals surface area contributed by atoms with Crippen LogP contribution >= 0.6 is 0 Å². The van der Waals surface area contributed by atoms with Gasteiger partial charge in [0.25, 0.3) is 0 Å². The van der Waals surface area contributed by atoms with Crippen molar-refractivity contribution < 1.29 is 13.9 Å². The molecule has 0 spiro atoms. The van der Waals surface area contributed by atoms with Crippen LogP contribution < -0.4 is 10.9 Å². The van der Waals surface area contributed by atoms with E-state index in [1.165, 1.54) is 6.07 Å². The fourth-order valence-electron chi connectivity index (χ4n) is 3.88. The van der Waals surface area contributed by atoms with Gasteiger partial charge >= 0.3 is 5.97 Å². The number of carbonyl (C=O) groups is 1. The molecule has 6 heteroatoms. The average Bonchev–Trinajstić information content (AvgIpc) is 2.77. The zero-order valence-electron chi connectivity index (χ0n) is 17.5. The minimum atomic E-state index is -0.682. The minimum absolute atomic E-state index is 0.135. The number of esters is 1. The number of ether oxygens (including phenoxy) is 1. The molecule has 0 saturated heterocycles.